The van der Waals surface area contributed by atoms with Crippen LogP contribution in [0.4, 0.5) is 0 Å². The molecule has 0 aliphatic heterocycles. The van der Waals surface area contributed by atoms with Crippen molar-refractivity contribution in [1.29, 1.82) is 0 Å². The van der Waals surface area contributed by atoms with Crippen molar-refractivity contribution in [3.05, 3.63) is 54.2 Å². The molecule has 2 atom stereocenters. The number of benzene rings is 1. The highest BCUT2D eigenvalue weighted by atomic mass is 16.6. The number of carbonyl (C=O) groups is 1. The number of pyridine rings is 1. The lowest BCUT2D eigenvalue weighted by Gasteiger charge is -2.07. The van der Waals surface area contributed by atoms with Crippen LogP contribution in [-0.4, -0.2) is 23.8 Å². The molecule has 0 N–H and O–H groups in total. The van der Waals surface area contributed by atoms with Crippen molar-refractivity contribution >= 4 is 12.2 Å². The standard InChI is InChI=1S/C23H28N2O3/c1-16(2)14-28-24-13-19-21(23(19,3)4)22(26)27-15-18-11-8-12-20(25-18)17-9-6-5-7-10-17/h5-13,16,19,21H,14-15H2,1-4H3. The maximum atomic E-state index is 12.5. The Labute approximate surface area is 166 Å². The average Bonchev–Trinajstić information content (AvgIpc) is 3.24. The zero-order valence-electron chi connectivity index (χ0n) is 17.0. The van der Waals surface area contributed by atoms with Crippen molar-refractivity contribution in [1.82, 2.24) is 4.98 Å². The SMILES string of the molecule is CC(C)CON=CC1C(C(=O)OCc2cccc(-c3ccccc3)n2)C1(C)C. The van der Waals surface area contributed by atoms with Gasteiger partial charge in [-0.05, 0) is 23.5 Å². The van der Waals surface area contributed by atoms with Crippen LogP contribution in [0.3, 0.4) is 0 Å². The number of hydrogen-bond donors (Lipinski definition) is 0. The lowest BCUT2D eigenvalue weighted by atomic mass is 10.1. The van der Waals surface area contributed by atoms with Crippen molar-refractivity contribution in [2.75, 3.05) is 6.61 Å². The van der Waals surface area contributed by atoms with Crippen molar-refractivity contribution in [3.63, 3.8) is 0 Å². The highest BCUT2D eigenvalue weighted by Crippen LogP contribution is 2.57. The molecule has 1 aliphatic rings. The van der Waals surface area contributed by atoms with E-state index in [1.807, 2.05) is 62.4 Å². The van der Waals surface area contributed by atoms with Crippen molar-refractivity contribution in [3.8, 4) is 11.3 Å². The molecule has 1 fully saturated rings. The van der Waals surface area contributed by atoms with Gasteiger partial charge < -0.3 is 9.57 Å². The van der Waals surface area contributed by atoms with Crippen LogP contribution in [0.2, 0.25) is 0 Å². The number of esters is 1. The van der Waals surface area contributed by atoms with Gasteiger partial charge in [-0.15, -0.1) is 0 Å². The van der Waals surface area contributed by atoms with Gasteiger partial charge in [0.25, 0.3) is 0 Å². The Morgan fingerprint density at radius 2 is 1.93 bits per heavy atom. The van der Waals surface area contributed by atoms with E-state index in [1.165, 1.54) is 0 Å². The Morgan fingerprint density at radius 1 is 1.18 bits per heavy atom. The van der Waals surface area contributed by atoms with Gasteiger partial charge in [-0.2, -0.15) is 0 Å². The molecule has 5 heteroatoms. The highest BCUT2D eigenvalue weighted by Gasteiger charge is 2.62. The predicted octanol–water partition coefficient (Wildman–Crippen LogP) is 4.72. The first kappa shape index (κ1) is 20.1. The maximum absolute atomic E-state index is 12.5. The second-order valence-corrected chi connectivity index (χ2v) is 8.26. The Hall–Kier alpha value is -2.69. The average molecular weight is 380 g/mol. The summed E-state index contributed by atoms with van der Waals surface area (Å²) in [5.74, 6) is 0.0495. The number of rotatable bonds is 8. The minimum Gasteiger partial charge on any atom is -0.459 e. The second kappa shape index (κ2) is 8.55. The van der Waals surface area contributed by atoms with Crippen molar-refractivity contribution in [2.24, 2.45) is 28.3 Å². The first-order chi connectivity index (χ1) is 13.4. The van der Waals surface area contributed by atoms with E-state index in [2.05, 4.69) is 24.0 Å². The van der Waals surface area contributed by atoms with Crippen LogP contribution in [-0.2, 0) is 21.0 Å². The quantitative estimate of drug-likeness (QED) is 0.378. The van der Waals surface area contributed by atoms with Gasteiger partial charge in [0.15, 0.2) is 0 Å². The van der Waals surface area contributed by atoms with Gasteiger partial charge in [0.05, 0.1) is 17.3 Å². The van der Waals surface area contributed by atoms with E-state index < -0.39 is 0 Å². The molecule has 0 spiro atoms. The molecule has 1 saturated carbocycles. The minimum atomic E-state index is -0.211. The van der Waals surface area contributed by atoms with Gasteiger partial charge in [0, 0.05) is 17.7 Å². The van der Waals surface area contributed by atoms with Crippen LogP contribution in [0.5, 0.6) is 0 Å². The van der Waals surface area contributed by atoms with E-state index in [0.717, 1.165) is 17.0 Å². The van der Waals surface area contributed by atoms with Gasteiger partial charge in [-0.1, -0.05) is 69.2 Å². The van der Waals surface area contributed by atoms with E-state index in [1.54, 1.807) is 6.21 Å². The smallest absolute Gasteiger partial charge is 0.310 e. The highest BCUT2D eigenvalue weighted by molar-refractivity contribution is 5.85. The first-order valence-electron chi connectivity index (χ1n) is 9.73. The second-order valence-electron chi connectivity index (χ2n) is 8.26. The Balaban J connectivity index is 1.56. The number of nitrogens with zero attached hydrogens (tertiary/aromatic N) is 2. The fourth-order valence-electron chi connectivity index (χ4n) is 3.27. The molecule has 1 aromatic carbocycles. The predicted molar refractivity (Wildman–Crippen MR) is 110 cm³/mol. The van der Waals surface area contributed by atoms with Crippen molar-refractivity contribution < 1.29 is 14.4 Å². The fourth-order valence-corrected chi connectivity index (χ4v) is 3.27. The zero-order valence-corrected chi connectivity index (χ0v) is 17.0. The van der Waals surface area contributed by atoms with E-state index in [0.29, 0.717) is 12.5 Å². The largest absolute Gasteiger partial charge is 0.459 e. The molecular formula is C23H28N2O3. The third kappa shape index (κ3) is 4.77. The molecule has 0 amide bonds. The fraction of sp³-hybridized carbons (Fsp3) is 0.435. The summed E-state index contributed by atoms with van der Waals surface area (Å²) < 4.78 is 5.55. The van der Waals surface area contributed by atoms with E-state index in [9.17, 15) is 4.79 Å². The summed E-state index contributed by atoms with van der Waals surface area (Å²) in [6.07, 6.45) is 1.74. The third-order valence-electron chi connectivity index (χ3n) is 5.11. The van der Waals surface area contributed by atoms with Crippen LogP contribution in [0.1, 0.15) is 33.4 Å². The van der Waals surface area contributed by atoms with E-state index >= 15 is 0 Å². The zero-order chi connectivity index (χ0) is 20.1. The number of carbonyl (C=O) groups excluding carboxylic acids is 1. The lowest BCUT2D eigenvalue weighted by Crippen LogP contribution is -2.11. The lowest BCUT2D eigenvalue weighted by molar-refractivity contribution is -0.147. The van der Waals surface area contributed by atoms with Crippen LogP contribution >= 0.6 is 0 Å². The summed E-state index contributed by atoms with van der Waals surface area (Å²) in [4.78, 5) is 22.4. The maximum Gasteiger partial charge on any atom is 0.310 e. The molecule has 2 unspecified atom stereocenters. The summed E-state index contributed by atoms with van der Waals surface area (Å²) in [6.45, 7) is 8.97. The number of hydrogen-bond acceptors (Lipinski definition) is 5. The molecule has 1 heterocycles. The molecule has 3 rings (SSSR count). The molecule has 2 aromatic rings. The minimum absolute atomic E-state index is 0.0378. The van der Waals surface area contributed by atoms with Crippen LogP contribution in [0.25, 0.3) is 11.3 Å². The van der Waals surface area contributed by atoms with E-state index in [-0.39, 0.29) is 29.8 Å². The molecule has 28 heavy (non-hydrogen) atoms. The number of oxime groups is 1. The van der Waals surface area contributed by atoms with E-state index in [4.69, 9.17) is 9.57 Å². The Bertz CT molecular complexity index is 831. The van der Waals surface area contributed by atoms with Crippen LogP contribution in [0.15, 0.2) is 53.7 Å². The summed E-state index contributed by atoms with van der Waals surface area (Å²) in [6, 6.07) is 15.7. The summed E-state index contributed by atoms with van der Waals surface area (Å²) >= 11 is 0. The van der Waals surface area contributed by atoms with Gasteiger partial charge >= 0.3 is 5.97 Å². The van der Waals surface area contributed by atoms with Gasteiger partial charge in [0.1, 0.15) is 13.2 Å². The number of aromatic nitrogens is 1. The van der Waals surface area contributed by atoms with Crippen LogP contribution in [0, 0.1) is 23.2 Å². The third-order valence-corrected chi connectivity index (χ3v) is 5.11. The summed E-state index contributed by atoms with van der Waals surface area (Å²) in [5.41, 5.74) is 2.48. The Morgan fingerprint density at radius 3 is 2.64 bits per heavy atom. The summed E-state index contributed by atoms with van der Waals surface area (Å²) in [7, 11) is 0. The van der Waals surface area contributed by atoms with Gasteiger partial charge in [-0.25, -0.2) is 4.98 Å². The molecule has 0 saturated heterocycles. The molecule has 1 aliphatic carbocycles. The normalized spacial score (nSPS) is 20.3. The van der Waals surface area contributed by atoms with Gasteiger partial charge in [0.2, 0.25) is 0 Å². The number of ether oxygens (including phenoxy) is 1. The molecular weight excluding hydrogens is 352 g/mol. The van der Waals surface area contributed by atoms with Crippen LogP contribution < -0.4 is 0 Å². The first-order valence-corrected chi connectivity index (χ1v) is 9.73. The summed E-state index contributed by atoms with van der Waals surface area (Å²) in [5, 5.41) is 4.02. The molecule has 1 aromatic heterocycles. The molecule has 0 bridgehead atoms. The monoisotopic (exact) mass is 380 g/mol. The topological polar surface area (TPSA) is 60.8 Å². The van der Waals surface area contributed by atoms with Gasteiger partial charge in [-0.3, -0.25) is 4.79 Å². The molecule has 148 valence electrons. The van der Waals surface area contributed by atoms with Crippen molar-refractivity contribution in [2.45, 2.75) is 34.3 Å². The molecule has 0 radical (unpaired) electrons. The Kier molecular flexibility index (Phi) is 6.12. The molecule has 5 nitrogen and oxygen atoms in total.